The largest absolute Gasteiger partial charge is 0.353 e. The quantitative estimate of drug-likeness (QED) is 0.675. The first-order valence-electron chi connectivity index (χ1n) is 5.98. The number of carbonyl (C=O) groups is 2. The van der Waals surface area contributed by atoms with Gasteiger partial charge in [0.2, 0.25) is 11.8 Å². The van der Waals surface area contributed by atoms with Crippen LogP contribution in [0.15, 0.2) is 0 Å². The van der Waals surface area contributed by atoms with Gasteiger partial charge in [0, 0.05) is 13.0 Å². The summed E-state index contributed by atoms with van der Waals surface area (Å²) in [5, 5.41) is 2.31. The maximum atomic E-state index is 11.4. The lowest BCUT2D eigenvalue weighted by Crippen LogP contribution is -2.57. The molecule has 2 fully saturated rings. The van der Waals surface area contributed by atoms with E-state index in [0.29, 0.717) is 13.0 Å². The van der Waals surface area contributed by atoms with Gasteiger partial charge in [-0.25, -0.2) is 0 Å². The molecule has 2 aliphatic rings. The van der Waals surface area contributed by atoms with Crippen molar-refractivity contribution in [2.45, 2.75) is 32.1 Å². The molecule has 6 heteroatoms. The minimum Gasteiger partial charge on any atom is -0.353 e. The molecule has 1 N–H and O–H groups in total. The first-order valence-corrected chi connectivity index (χ1v) is 5.98. The van der Waals surface area contributed by atoms with Crippen LogP contribution in [-0.4, -0.2) is 55.3 Å². The van der Waals surface area contributed by atoms with Gasteiger partial charge in [0.1, 0.15) is 0 Å². The highest BCUT2D eigenvalue weighted by atomic mass is 16.7. The summed E-state index contributed by atoms with van der Waals surface area (Å²) in [6.45, 7) is 4.13. The molecule has 0 aromatic rings. The van der Waals surface area contributed by atoms with Gasteiger partial charge in [-0.05, 0) is 13.3 Å². The number of hydrogen-bond acceptors (Lipinski definition) is 5. The first kappa shape index (κ1) is 12.5. The van der Waals surface area contributed by atoms with Gasteiger partial charge in [0.25, 0.3) is 0 Å². The van der Waals surface area contributed by atoms with Crippen molar-refractivity contribution < 1.29 is 19.1 Å². The second kappa shape index (κ2) is 5.57. The normalized spacial score (nSPS) is 28.2. The SMILES string of the molecule is CC1C(=O)NC(=O)CN1CCC1OCCCO1. The third kappa shape index (κ3) is 3.24. The zero-order chi connectivity index (χ0) is 12.3. The molecule has 0 aromatic heterocycles. The van der Waals surface area contributed by atoms with E-state index >= 15 is 0 Å². The lowest BCUT2D eigenvalue weighted by Gasteiger charge is -2.33. The minimum atomic E-state index is -0.267. The number of ether oxygens (including phenoxy) is 2. The monoisotopic (exact) mass is 242 g/mol. The summed E-state index contributed by atoms with van der Waals surface area (Å²) in [4.78, 5) is 24.5. The number of amides is 2. The van der Waals surface area contributed by atoms with Crippen molar-refractivity contribution in [2.24, 2.45) is 0 Å². The van der Waals surface area contributed by atoms with Gasteiger partial charge in [-0.3, -0.25) is 19.8 Å². The van der Waals surface area contributed by atoms with E-state index in [9.17, 15) is 9.59 Å². The molecule has 1 unspecified atom stereocenters. The molecule has 0 bridgehead atoms. The van der Waals surface area contributed by atoms with Gasteiger partial charge in [-0.15, -0.1) is 0 Å². The van der Waals surface area contributed by atoms with Crippen LogP contribution < -0.4 is 5.32 Å². The summed E-state index contributed by atoms with van der Waals surface area (Å²) in [6.07, 6.45) is 1.42. The Labute approximate surface area is 100 Å². The number of hydrogen-bond donors (Lipinski definition) is 1. The van der Waals surface area contributed by atoms with Crippen molar-refractivity contribution in [1.82, 2.24) is 10.2 Å². The average molecular weight is 242 g/mol. The molecule has 0 aliphatic carbocycles. The van der Waals surface area contributed by atoms with Crippen LogP contribution in [0.1, 0.15) is 19.8 Å². The summed E-state index contributed by atoms with van der Waals surface area (Å²) >= 11 is 0. The third-order valence-electron chi connectivity index (χ3n) is 3.08. The van der Waals surface area contributed by atoms with Gasteiger partial charge in [0.05, 0.1) is 25.8 Å². The molecular weight excluding hydrogens is 224 g/mol. The van der Waals surface area contributed by atoms with E-state index in [0.717, 1.165) is 19.6 Å². The third-order valence-corrected chi connectivity index (χ3v) is 3.08. The molecule has 2 rings (SSSR count). The number of piperazine rings is 1. The van der Waals surface area contributed by atoms with E-state index in [-0.39, 0.29) is 30.7 Å². The summed E-state index contributed by atoms with van der Waals surface area (Å²) in [5.74, 6) is -0.467. The van der Waals surface area contributed by atoms with Gasteiger partial charge >= 0.3 is 0 Å². The molecule has 2 saturated heterocycles. The summed E-state index contributed by atoms with van der Waals surface area (Å²) in [7, 11) is 0. The first-order chi connectivity index (χ1) is 8.16. The van der Waals surface area contributed by atoms with Gasteiger partial charge in [-0.1, -0.05) is 0 Å². The fourth-order valence-electron chi connectivity index (χ4n) is 2.02. The maximum absolute atomic E-state index is 11.4. The predicted octanol–water partition coefficient (Wildman–Crippen LogP) is -0.514. The Morgan fingerprint density at radius 2 is 2.06 bits per heavy atom. The van der Waals surface area contributed by atoms with E-state index in [2.05, 4.69) is 5.32 Å². The second-order valence-corrected chi connectivity index (χ2v) is 4.37. The van der Waals surface area contributed by atoms with Crippen LogP contribution >= 0.6 is 0 Å². The Kier molecular flexibility index (Phi) is 4.09. The van der Waals surface area contributed by atoms with E-state index in [1.165, 1.54) is 0 Å². The number of nitrogens with zero attached hydrogens (tertiary/aromatic N) is 1. The number of carbonyl (C=O) groups excluding carboxylic acids is 2. The van der Waals surface area contributed by atoms with Crippen molar-refractivity contribution in [3.05, 3.63) is 0 Å². The topological polar surface area (TPSA) is 67.9 Å². The lowest BCUT2D eigenvalue weighted by atomic mass is 10.2. The van der Waals surface area contributed by atoms with Crippen LogP contribution in [0.2, 0.25) is 0 Å². The molecule has 96 valence electrons. The lowest BCUT2D eigenvalue weighted by molar-refractivity contribution is -0.183. The van der Waals surface area contributed by atoms with E-state index in [4.69, 9.17) is 9.47 Å². The predicted molar refractivity (Wildman–Crippen MR) is 59.1 cm³/mol. The molecule has 0 aromatic carbocycles. The highest BCUT2D eigenvalue weighted by Gasteiger charge is 2.30. The molecule has 6 nitrogen and oxygen atoms in total. The fraction of sp³-hybridized carbons (Fsp3) is 0.818. The minimum absolute atomic E-state index is 0.198. The smallest absolute Gasteiger partial charge is 0.243 e. The molecule has 2 aliphatic heterocycles. The molecule has 2 amide bonds. The standard InChI is InChI=1S/C11H18N2O4/c1-8-11(15)12-9(14)7-13(8)4-3-10-16-5-2-6-17-10/h8,10H,2-7H2,1H3,(H,12,14,15). The van der Waals surface area contributed by atoms with Crippen molar-refractivity contribution >= 4 is 11.8 Å². The molecule has 17 heavy (non-hydrogen) atoms. The van der Waals surface area contributed by atoms with E-state index < -0.39 is 0 Å². The van der Waals surface area contributed by atoms with Crippen LogP contribution in [0, 0.1) is 0 Å². The zero-order valence-electron chi connectivity index (χ0n) is 9.98. The van der Waals surface area contributed by atoms with Gasteiger partial charge < -0.3 is 9.47 Å². The van der Waals surface area contributed by atoms with Gasteiger partial charge in [-0.2, -0.15) is 0 Å². The van der Waals surface area contributed by atoms with Crippen molar-refractivity contribution in [3.63, 3.8) is 0 Å². The van der Waals surface area contributed by atoms with Crippen molar-refractivity contribution in [2.75, 3.05) is 26.3 Å². The molecular formula is C11H18N2O4. The van der Waals surface area contributed by atoms with Crippen LogP contribution in [0.5, 0.6) is 0 Å². The van der Waals surface area contributed by atoms with E-state index in [1.807, 2.05) is 4.90 Å². The number of imide groups is 1. The number of nitrogens with one attached hydrogen (secondary N) is 1. The van der Waals surface area contributed by atoms with Crippen molar-refractivity contribution in [1.29, 1.82) is 0 Å². The van der Waals surface area contributed by atoms with Crippen molar-refractivity contribution in [3.8, 4) is 0 Å². The van der Waals surface area contributed by atoms with Crippen LogP contribution in [0.25, 0.3) is 0 Å². The Morgan fingerprint density at radius 3 is 2.76 bits per heavy atom. The second-order valence-electron chi connectivity index (χ2n) is 4.37. The molecule has 2 heterocycles. The van der Waals surface area contributed by atoms with E-state index in [1.54, 1.807) is 6.92 Å². The summed E-state index contributed by atoms with van der Waals surface area (Å²) in [6, 6.07) is -0.267. The highest BCUT2D eigenvalue weighted by molar-refractivity contribution is 6.00. The Morgan fingerprint density at radius 1 is 1.35 bits per heavy atom. The average Bonchev–Trinajstić information content (AvgIpc) is 2.33. The zero-order valence-corrected chi connectivity index (χ0v) is 9.98. The Hall–Kier alpha value is -0.980. The van der Waals surface area contributed by atoms with Gasteiger partial charge in [0.15, 0.2) is 6.29 Å². The number of rotatable bonds is 3. The Balaban J connectivity index is 1.80. The Bertz CT molecular complexity index is 302. The van der Waals surface area contributed by atoms with Crippen LogP contribution in [0.3, 0.4) is 0 Å². The summed E-state index contributed by atoms with van der Waals surface area (Å²) in [5.41, 5.74) is 0. The molecule has 1 atom stereocenters. The molecule has 0 radical (unpaired) electrons. The van der Waals surface area contributed by atoms with Crippen LogP contribution in [0.4, 0.5) is 0 Å². The fourth-order valence-corrected chi connectivity index (χ4v) is 2.02. The molecule has 0 spiro atoms. The maximum Gasteiger partial charge on any atom is 0.243 e. The highest BCUT2D eigenvalue weighted by Crippen LogP contribution is 2.12. The summed E-state index contributed by atoms with van der Waals surface area (Å²) < 4.78 is 10.8. The molecule has 0 saturated carbocycles. The van der Waals surface area contributed by atoms with Crippen LogP contribution in [-0.2, 0) is 19.1 Å².